The maximum Gasteiger partial charge on any atom is 0.329 e. The van der Waals surface area contributed by atoms with E-state index in [0.29, 0.717) is 69.8 Å². The molecule has 412 valence electrons. The summed E-state index contributed by atoms with van der Waals surface area (Å²) in [4.78, 5) is 85.4. The highest BCUT2D eigenvalue weighted by atomic mass is 16.6. The number of nitrogens with zero attached hydrogens (tertiary/aromatic N) is 1. The van der Waals surface area contributed by atoms with Crippen LogP contribution in [0.3, 0.4) is 0 Å². The number of rotatable bonds is 10. The number of aliphatic hydroxyl groups excluding tert-OH is 3. The van der Waals surface area contributed by atoms with Gasteiger partial charge in [0.2, 0.25) is 5.79 Å². The molecule has 1 aliphatic carbocycles. The summed E-state index contributed by atoms with van der Waals surface area (Å²) in [5.41, 5.74) is -0.277. The van der Waals surface area contributed by atoms with Gasteiger partial charge < -0.3 is 53.7 Å². The molecule has 0 aromatic heterocycles. The number of Topliss-reactive ketones (excluding diaryl/α,β-unsaturated/α-hetero) is 3. The van der Waals surface area contributed by atoms with Gasteiger partial charge in [-0.25, -0.2) is 4.79 Å². The Labute approximate surface area is 433 Å². The van der Waals surface area contributed by atoms with Gasteiger partial charge in [-0.15, -0.1) is 0 Å². The summed E-state index contributed by atoms with van der Waals surface area (Å²) >= 11 is 0. The number of piperidine rings is 1. The summed E-state index contributed by atoms with van der Waals surface area (Å²) in [5, 5.41) is 43.1. The molecule has 0 aromatic carbocycles. The summed E-state index contributed by atoms with van der Waals surface area (Å²) in [7, 11) is 4.43. The van der Waals surface area contributed by atoms with Gasteiger partial charge in [0.05, 0.1) is 31.5 Å². The Kier molecular flexibility index (Phi) is 23.9. The number of hydrogen-bond acceptors (Lipinski definition) is 16. The average molecular weight is 1030 g/mol. The van der Waals surface area contributed by atoms with E-state index in [1.54, 1.807) is 40.9 Å². The van der Waals surface area contributed by atoms with E-state index in [9.17, 15) is 49.2 Å². The Morgan fingerprint density at radius 3 is 2.21 bits per heavy atom. The van der Waals surface area contributed by atoms with Crippen molar-refractivity contribution in [1.82, 2.24) is 4.90 Å². The monoisotopic (exact) mass is 1030 g/mol. The van der Waals surface area contributed by atoms with E-state index in [0.717, 1.165) is 10.5 Å². The maximum atomic E-state index is 14.5. The fourth-order valence-electron chi connectivity index (χ4n) is 10.7. The zero-order valence-corrected chi connectivity index (χ0v) is 45.3. The lowest BCUT2D eigenvalue weighted by atomic mass is 9.78. The molecule has 17 nitrogen and oxygen atoms in total. The van der Waals surface area contributed by atoms with Crippen LogP contribution in [-0.2, 0) is 57.2 Å². The van der Waals surface area contributed by atoms with Crippen LogP contribution in [-0.4, -0.2) is 156 Å². The van der Waals surface area contributed by atoms with Crippen LogP contribution in [0.5, 0.6) is 0 Å². The van der Waals surface area contributed by atoms with Crippen LogP contribution in [0.1, 0.15) is 132 Å². The van der Waals surface area contributed by atoms with Crippen LogP contribution in [0.25, 0.3) is 0 Å². The lowest BCUT2D eigenvalue weighted by Crippen LogP contribution is -2.61. The van der Waals surface area contributed by atoms with E-state index < -0.39 is 120 Å². The van der Waals surface area contributed by atoms with Crippen molar-refractivity contribution in [1.29, 1.82) is 0 Å². The topological polar surface area (TPSA) is 242 Å². The number of allylic oxidation sites excluding steroid dienone is 6. The number of amides is 1. The van der Waals surface area contributed by atoms with Gasteiger partial charge in [-0.3, -0.25) is 24.0 Å². The second kappa shape index (κ2) is 28.3. The lowest BCUT2D eigenvalue weighted by molar-refractivity contribution is -0.265. The summed E-state index contributed by atoms with van der Waals surface area (Å²) in [6.45, 7) is 12.7. The van der Waals surface area contributed by atoms with Crippen LogP contribution in [0, 0.1) is 40.9 Å². The van der Waals surface area contributed by atoms with Gasteiger partial charge in [-0.05, 0) is 114 Å². The molecule has 0 radical (unpaired) electrons. The Morgan fingerprint density at radius 1 is 0.863 bits per heavy atom. The standard InChI is InChI=1S/C56H87NO16/c1-33-17-13-12-14-18-34(2)45(68-9)29-41-22-20-39(7)56(67,73-41)51(63)52(64)57-24-16-15-19-42(57)53(65)71-46(30-43(60)35(3)26-38(6)49(62)50(70-11)48(61)37(5)25-33)36(4)27-40-21-23-44(47(28-40)69-10)72-54(66)55(8,31-58)32-59/h12-14,17-18,26,33,35-37,39-42,44-47,49-50,58-59,62,67H,15-16,19-25,27-32H2,1-11H3/b14-12?,17-13+,34-18?,38-26+. The van der Waals surface area contributed by atoms with Crippen LogP contribution in [0.15, 0.2) is 47.6 Å². The number of esters is 2. The Balaban J connectivity index is 1.69. The number of aliphatic hydroxyl groups is 4. The third-order valence-corrected chi connectivity index (χ3v) is 15.9. The van der Waals surface area contributed by atoms with Gasteiger partial charge in [-0.2, -0.15) is 0 Å². The summed E-state index contributed by atoms with van der Waals surface area (Å²) in [6.07, 6.45) is 9.76. The summed E-state index contributed by atoms with van der Waals surface area (Å²) in [6, 6.07) is -1.20. The number of fused-ring (bicyclic) bond motifs is 3. The Morgan fingerprint density at radius 2 is 1.56 bits per heavy atom. The third-order valence-electron chi connectivity index (χ3n) is 15.9. The molecule has 1 saturated carbocycles. The van der Waals surface area contributed by atoms with Crippen molar-refractivity contribution in [2.45, 2.75) is 187 Å². The molecule has 0 spiro atoms. The van der Waals surface area contributed by atoms with Crippen molar-refractivity contribution in [2.24, 2.45) is 40.9 Å². The summed E-state index contributed by atoms with van der Waals surface area (Å²) in [5.74, 6) is -9.36. The number of carbonyl (C=O) groups is 6. The molecule has 2 bridgehead atoms. The maximum absolute atomic E-state index is 14.5. The van der Waals surface area contributed by atoms with E-state index >= 15 is 0 Å². The Hall–Kier alpha value is -3.94. The molecule has 3 fully saturated rings. The van der Waals surface area contributed by atoms with Crippen LogP contribution >= 0.6 is 0 Å². The minimum Gasteiger partial charge on any atom is -0.460 e. The van der Waals surface area contributed by atoms with Gasteiger partial charge >= 0.3 is 11.9 Å². The minimum atomic E-state index is -2.47. The fourth-order valence-corrected chi connectivity index (χ4v) is 10.7. The number of methoxy groups -OCH3 is 3. The second-order valence-electron chi connectivity index (χ2n) is 21.8. The number of ether oxygens (including phenoxy) is 6. The largest absolute Gasteiger partial charge is 0.460 e. The molecule has 1 amide bonds. The van der Waals surface area contributed by atoms with Crippen molar-refractivity contribution in [2.75, 3.05) is 41.1 Å². The fraction of sp³-hybridized carbons (Fsp3) is 0.750. The van der Waals surface area contributed by atoms with Gasteiger partial charge in [0.1, 0.15) is 41.7 Å². The first-order valence-corrected chi connectivity index (χ1v) is 26.4. The highest BCUT2D eigenvalue weighted by Crippen LogP contribution is 2.38. The van der Waals surface area contributed by atoms with E-state index in [1.807, 2.05) is 51.2 Å². The van der Waals surface area contributed by atoms with Gasteiger partial charge in [0.15, 0.2) is 5.78 Å². The first-order chi connectivity index (χ1) is 34.5. The number of hydrogen-bond donors (Lipinski definition) is 4. The first-order valence-electron chi connectivity index (χ1n) is 26.4. The smallest absolute Gasteiger partial charge is 0.329 e. The minimum absolute atomic E-state index is 0.00697. The van der Waals surface area contributed by atoms with Gasteiger partial charge in [0.25, 0.3) is 11.7 Å². The van der Waals surface area contributed by atoms with E-state index in [2.05, 4.69) is 0 Å². The molecule has 17 heteroatoms. The molecule has 3 aliphatic heterocycles. The molecule has 0 aromatic rings. The highest BCUT2D eigenvalue weighted by Gasteiger charge is 2.53. The molecular weight excluding hydrogens is 943 g/mol. The molecule has 15 unspecified atom stereocenters. The van der Waals surface area contributed by atoms with E-state index in [-0.39, 0.29) is 42.8 Å². The molecule has 3 heterocycles. The zero-order valence-electron chi connectivity index (χ0n) is 45.3. The molecule has 73 heavy (non-hydrogen) atoms. The van der Waals surface area contributed by atoms with E-state index in [1.165, 1.54) is 21.1 Å². The van der Waals surface area contributed by atoms with Crippen LogP contribution in [0.2, 0.25) is 0 Å². The highest BCUT2D eigenvalue weighted by molar-refractivity contribution is 6.39. The van der Waals surface area contributed by atoms with Crippen molar-refractivity contribution in [3.8, 4) is 0 Å². The quantitative estimate of drug-likeness (QED) is 0.116. The molecule has 4 N–H and O–H groups in total. The molecule has 4 aliphatic rings. The van der Waals surface area contributed by atoms with Crippen molar-refractivity contribution < 1.29 is 77.6 Å². The average Bonchev–Trinajstić information content (AvgIpc) is 3.37. The van der Waals surface area contributed by atoms with Crippen molar-refractivity contribution in [3.63, 3.8) is 0 Å². The second-order valence-corrected chi connectivity index (χ2v) is 21.8. The van der Waals surface area contributed by atoms with Crippen LogP contribution in [0.4, 0.5) is 0 Å². The predicted molar refractivity (Wildman–Crippen MR) is 271 cm³/mol. The molecular formula is C56H87NO16. The third kappa shape index (κ3) is 16.0. The molecule has 2 saturated heterocycles. The van der Waals surface area contributed by atoms with Crippen molar-refractivity contribution in [3.05, 3.63) is 47.6 Å². The number of cyclic esters (lactones) is 1. The molecule has 15 atom stereocenters. The number of ketones is 3. The first kappa shape index (κ1) is 61.6. The Bertz CT molecular complexity index is 2010. The normalized spacial score (nSPS) is 36.3. The summed E-state index contributed by atoms with van der Waals surface area (Å²) < 4.78 is 35.4. The van der Waals surface area contributed by atoms with Crippen molar-refractivity contribution >= 4 is 35.2 Å². The number of carbonyl (C=O) groups excluding carboxylic acids is 6. The van der Waals surface area contributed by atoms with Crippen LogP contribution < -0.4 is 0 Å². The SMILES string of the molecule is COC1CC2CCC(C)C(O)(O2)C(=O)C(=O)N2CCCCC2C(=O)OC(C(C)CC2CCC(OC(=O)C(C)(CO)CO)C(OC)C2)CC(=O)C(C)/C=C(\C)C(O)C(OC)C(=O)C(C)CC(C)/C=C/C=CC=C1C. The van der Waals surface area contributed by atoms with Gasteiger partial charge in [-0.1, -0.05) is 71.1 Å². The molecule has 4 rings (SSSR count). The van der Waals surface area contributed by atoms with Gasteiger partial charge in [0, 0.05) is 58.5 Å². The zero-order chi connectivity index (χ0) is 54.4. The van der Waals surface area contributed by atoms with E-state index in [4.69, 9.17) is 28.4 Å². The predicted octanol–water partition coefficient (Wildman–Crippen LogP) is 5.72. The lowest BCUT2D eigenvalue weighted by Gasteiger charge is -2.42.